The van der Waals surface area contributed by atoms with Gasteiger partial charge < -0.3 is 15.0 Å². The van der Waals surface area contributed by atoms with Gasteiger partial charge in [-0.3, -0.25) is 4.79 Å². The summed E-state index contributed by atoms with van der Waals surface area (Å²) in [6, 6.07) is 8.19. The van der Waals surface area contributed by atoms with Crippen molar-refractivity contribution in [3.8, 4) is 0 Å². The highest BCUT2D eigenvalue weighted by Crippen LogP contribution is 2.36. The molecule has 0 bridgehead atoms. The molecule has 3 fully saturated rings. The normalized spacial score (nSPS) is 26.8. The van der Waals surface area contributed by atoms with Crippen LogP contribution in [0.1, 0.15) is 53.9 Å². The molecule has 4 nitrogen and oxygen atoms in total. The van der Waals surface area contributed by atoms with Crippen molar-refractivity contribution in [3.05, 3.63) is 35.4 Å². The van der Waals surface area contributed by atoms with Crippen molar-refractivity contribution in [2.45, 2.75) is 43.6 Å². The van der Waals surface area contributed by atoms with Crippen LogP contribution in [0.4, 0.5) is 0 Å². The Morgan fingerprint density at radius 3 is 2.87 bits per heavy atom. The molecule has 124 valence electrons. The number of rotatable bonds is 2. The van der Waals surface area contributed by atoms with Crippen LogP contribution in [0, 0.1) is 0 Å². The van der Waals surface area contributed by atoms with E-state index < -0.39 is 0 Å². The lowest BCUT2D eigenvalue weighted by atomic mass is 9.92. The summed E-state index contributed by atoms with van der Waals surface area (Å²) < 4.78 is 6.07. The van der Waals surface area contributed by atoms with E-state index in [1.807, 2.05) is 17.0 Å². The lowest BCUT2D eigenvalue weighted by Gasteiger charge is -2.40. The van der Waals surface area contributed by atoms with Crippen molar-refractivity contribution in [3.63, 3.8) is 0 Å². The molecule has 23 heavy (non-hydrogen) atoms. The van der Waals surface area contributed by atoms with Gasteiger partial charge in [-0.2, -0.15) is 0 Å². The summed E-state index contributed by atoms with van der Waals surface area (Å²) in [5.41, 5.74) is 2.06. The Morgan fingerprint density at radius 2 is 2.09 bits per heavy atom. The molecule has 2 heterocycles. The maximum atomic E-state index is 13.2. The molecule has 4 rings (SSSR count). The maximum Gasteiger partial charge on any atom is 0.254 e. The smallest absolute Gasteiger partial charge is 0.254 e. The van der Waals surface area contributed by atoms with Gasteiger partial charge in [-0.15, -0.1) is 0 Å². The number of hydrogen-bond donors (Lipinski definition) is 1. The van der Waals surface area contributed by atoms with Crippen LogP contribution < -0.4 is 5.32 Å². The van der Waals surface area contributed by atoms with E-state index in [0.29, 0.717) is 12.5 Å². The van der Waals surface area contributed by atoms with Crippen molar-refractivity contribution >= 4 is 5.91 Å². The minimum Gasteiger partial charge on any atom is -0.371 e. The Balaban J connectivity index is 1.57. The zero-order chi connectivity index (χ0) is 15.7. The molecule has 3 aliphatic rings. The van der Waals surface area contributed by atoms with Crippen LogP contribution >= 0.6 is 0 Å². The fourth-order valence-electron chi connectivity index (χ4n) is 4.48. The van der Waals surface area contributed by atoms with E-state index in [-0.39, 0.29) is 11.5 Å². The Hall–Kier alpha value is -1.39. The highest BCUT2D eigenvalue weighted by Gasteiger charge is 2.41. The molecule has 2 saturated heterocycles. The first-order valence-corrected chi connectivity index (χ1v) is 9.00. The number of hydrogen-bond acceptors (Lipinski definition) is 3. The van der Waals surface area contributed by atoms with E-state index in [9.17, 15) is 4.79 Å². The van der Waals surface area contributed by atoms with E-state index in [4.69, 9.17) is 4.74 Å². The minimum atomic E-state index is -0.0578. The fourth-order valence-corrected chi connectivity index (χ4v) is 4.48. The predicted molar refractivity (Wildman–Crippen MR) is 89.7 cm³/mol. The van der Waals surface area contributed by atoms with Crippen LogP contribution in [-0.2, 0) is 4.74 Å². The number of amides is 1. The highest BCUT2D eigenvalue weighted by atomic mass is 16.5. The lowest BCUT2D eigenvalue weighted by molar-refractivity contribution is -0.0948. The molecular weight excluding hydrogens is 288 g/mol. The Bertz CT molecular complexity index is 574. The van der Waals surface area contributed by atoms with Crippen molar-refractivity contribution in [1.29, 1.82) is 0 Å². The van der Waals surface area contributed by atoms with Gasteiger partial charge in [0.05, 0.1) is 18.8 Å². The summed E-state index contributed by atoms with van der Waals surface area (Å²) in [5, 5.41) is 3.41. The van der Waals surface area contributed by atoms with E-state index in [1.54, 1.807) is 0 Å². The van der Waals surface area contributed by atoms with Crippen LogP contribution in [0.25, 0.3) is 0 Å². The van der Waals surface area contributed by atoms with E-state index in [2.05, 4.69) is 17.4 Å². The third kappa shape index (κ3) is 2.90. The molecule has 1 aromatic rings. The quantitative estimate of drug-likeness (QED) is 0.912. The molecule has 0 aromatic heterocycles. The average Bonchev–Trinajstić information content (AvgIpc) is 3.27. The molecule has 1 aromatic carbocycles. The molecule has 2 aliphatic heterocycles. The first-order valence-electron chi connectivity index (χ1n) is 9.00. The molecule has 1 amide bonds. The van der Waals surface area contributed by atoms with Crippen LogP contribution in [0.3, 0.4) is 0 Å². The summed E-state index contributed by atoms with van der Waals surface area (Å²) in [5.74, 6) is 0.665. The van der Waals surface area contributed by atoms with Crippen LogP contribution in [0.15, 0.2) is 24.3 Å². The number of nitrogens with zero attached hydrogens (tertiary/aromatic N) is 1. The Morgan fingerprint density at radius 1 is 1.26 bits per heavy atom. The molecular formula is C19H26N2O2. The van der Waals surface area contributed by atoms with E-state index in [0.717, 1.165) is 51.0 Å². The first kappa shape index (κ1) is 15.2. The summed E-state index contributed by atoms with van der Waals surface area (Å²) in [4.78, 5) is 15.2. The summed E-state index contributed by atoms with van der Waals surface area (Å²) in [6.07, 6.45) is 5.78. The van der Waals surface area contributed by atoms with Gasteiger partial charge in [0.25, 0.3) is 5.91 Å². The Labute approximate surface area is 138 Å². The highest BCUT2D eigenvalue weighted by molar-refractivity contribution is 5.96. The van der Waals surface area contributed by atoms with Gasteiger partial charge >= 0.3 is 0 Å². The molecule has 1 spiro atoms. The molecule has 4 heteroatoms. The van der Waals surface area contributed by atoms with Crippen LogP contribution in [0.5, 0.6) is 0 Å². The molecule has 1 unspecified atom stereocenters. The summed E-state index contributed by atoms with van der Waals surface area (Å²) in [6.45, 7) is 4.20. The van der Waals surface area contributed by atoms with E-state index >= 15 is 0 Å². The standard InChI is InChI=1S/C19H26N2O2/c22-18(21-11-12-23-19(14-21)8-3-4-9-19)17-6-2-1-5-16(17)15-7-10-20-13-15/h1-2,5-6,15,20H,3-4,7-14H2. The number of morpholine rings is 1. The zero-order valence-electron chi connectivity index (χ0n) is 13.7. The van der Waals surface area contributed by atoms with Gasteiger partial charge in [0.2, 0.25) is 0 Å². The van der Waals surface area contributed by atoms with Crippen molar-refractivity contribution in [1.82, 2.24) is 10.2 Å². The topological polar surface area (TPSA) is 41.6 Å². The third-order valence-electron chi connectivity index (χ3n) is 5.74. The number of carbonyl (C=O) groups excluding carboxylic acids is 1. The number of carbonyl (C=O) groups is 1. The monoisotopic (exact) mass is 314 g/mol. The second-order valence-electron chi connectivity index (χ2n) is 7.24. The first-order chi connectivity index (χ1) is 11.3. The molecule has 1 aliphatic carbocycles. The van der Waals surface area contributed by atoms with E-state index in [1.165, 1.54) is 18.4 Å². The van der Waals surface area contributed by atoms with Crippen molar-refractivity contribution < 1.29 is 9.53 Å². The number of ether oxygens (including phenoxy) is 1. The maximum absolute atomic E-state index is 13.2. The summed E-state index contributed by atoms with van der Waals surface area (Å²) in [7, 11) is 0. The summed E-state index contributed by atoms with van der Waals surface area (Å²) >= 11 is 0. The molecule has 0 radical (unpaired) electrons. The molecule has 1 N–H and O–H groups in total. The minimum absolute atomic E-state index is 0.0578. The van der Waals surface area contributed by atoms with Gasteiger partial charge in [0.15, 0.2) is 0 Å². The number of benzene rings is 1. The van der Waals surface area contributed by atoms with Crippen LogP contribution in [-0.4, -0.2) is 49.2 Å². The fraction of sp³-hybridized carbons (Fsp3) is 0.632. The number of nitrogens with one attached hydrogen (secondary N) is 1. The average molecular weight is 314 g/mol. The second-order valence-corrected chi connectivity index (χ2v) is 7.24. The molecule has 1 saturated carbocycles. The predicted octanol–water partition coefficient (Wildman–Crippen LogP) is 2.55. The van der Waals surface area contributed by atoms with Gasteiger partial charge in [-0.1, -0.05) is 31.0 Å². The van der Waals surface area contributed by atoms with Crippen molar-refractivity contribution in [2.24, 2.45) is 0 Å². The van der Waals surface area contributed by atoms with Crippen LogP contribution in [0.2, 0.25) is 0 Å². The molecule has 1 atom stereocenters. The van der Waals surface area contributed by atoms with Gasteiger partial charge in [0.1, 0.15) is 0 Å². The van der Waals surface area contributed by atoms with Crippen molar-refractivity contribution in [2.75, 3.05) is 32.8 Å². The SMILES string of the molecule is O=C(c1ccccc1C1CCNC1)N1CCOC2(CCCC2)C1. The third-order valence-corrected chi connectivity index (χ3v) is 5.74. The van der Waals surface area contributed by atoms with Gasteiger partial charge in [0, 0.05) is 18.7 Å². The van der Waals surface area contributed by atoms with Gasteiger partial charge in [-0.25, -0.2) is 0 Å². The largest absolute Gasteiger partial charge is 0.371 e. The lowest BCUT2D eigenvalue weighted by Crippen LogP contribution is -2.52. The van der Waals surface area contributed by atoms with Gasteiger partial charge in [-0.05, 0) is 43.4 Å². The Kier molecular flexibility index (Phi) is 4.12. The second kappa shape index (κ2) is 6.25. The zero-order valence-corrected chi connectivity index (χ0v) is 13.7.